The molecule has 4 rings (SSSR count). The van der Waals surface area contributed by atoms with Gasteiger partial charge < -0.3 is 14.2 Å². The van der Waals surface area contributed by atoms with Gasteiger partial charge in [0.25, 0.3) is 5.91 Å². The van der Waals surface area contributed by atoms with Crippen molar-refractivity contribution in [3.8, 4) is 17.1 Å². The highest BCUT2D eigenvalue weighted by Crippen LogP contribution is 2.25. The third kappa shape index (κ3) is 3.52. The molecule has 3 aromatic heterocycles. The Hall–Kier alpha value is -3.25. The minimum atomic E-state index is -0.306. The third-order valence-corrected chi connectivity index (χ3v) is 4.36. The lowest BCUT2D eigenvalue weighted by molar-refractivity contribution is 0.0930. The maximum absolute atomic E-state index is 12.7. The number of hydrogen-bond donors (Lipinski definition) is 1. The summed E-state index contributed by atoms with van der Waals surface area (Å²) >= 11 is 5.98. The Balaban J connectivity index is 1.68. The van der Waals surface area contributed by atoms with Crippen molar-refractivity contribution >= 4 is 17.5 Å². The summed E-state index contributed by atoms with van der Waals surface area (Å²) < 4.78 is 12.5. The molecule has 1 unspecified atom stereocenters. The van der Waals surface area contributed by atoms with Gasteiger partial charge >= 0.3 is 0 Å². The van der Waals surface area contributed by atoms with Gasteiger partial charge in [-0.1, -0.05) is 11.6 Å². The molecule has 0 bridgehead atoms. The van der Waals surface area contributed by atoms with Crippen LogP contribution in [0.3, 0.4) is 0 Å². The van der Waals surface area contributed by atoms with Crippen LogP contribution in [0.2, 0.25) is 5.02 Å². The summed E-state index contributed by atoms with van der Waals surface area (Å²) in [4.78, 5) is 12.7. The Kier molecular flexibility index (Phi) is 4.56. The zero-order chi connectivity index (χ0) is 18.8. The maximum atomic E-state index is 12.7. The first-order chi connectivity index (χ1) is 13.1. The monoisotopic (exact) mass is 381 g/mol. The summed E-state index contributed by atoms with van der Waals surface area (Å²) in [6.07, 6.45) is 3.15. The Bertz CT molecular complexity index is 1040. The third-order valence-electron chi connectivity index (χ3n) is 4.10. The number of furan rings is 2. The van der Waals surface area contributed by atoms with Crippen LogP contribution in [0, 0.1) is 0 Å². The van der Waals surface area contributed by atoms with E-state index in [0.717, 1.165) is 5.69 Å². The number of rotatable bonds is 5. The van der Waals surface area contributed by atoms with Crippen molar-refractivity contribution in [3.63, 3.8) is 0 Å². The number of nitrogens with zero attached hydrogens (tertiary/aromatic N) is 2. The van der Waals surface area contributed by atoms with E-state index in [-0.39, 0.29) is 17.6 Å². The minimum absolute atomic E-state index is 0.273. The summed E-state index contributed by atoms with van der Waals surface area (Å²) in [6.45, 7) is 1.85. The van der Waals surface area contributed by atoms with Crippen molar-refractivity contribution in [1.82, 2.24) is 15.1 Å². The molecule has 27 heavy (non-hydrogen) atoms. The largest absolute Gasteiger partial charge is 0.467 e. The first-order valence-electron chi connectivity index (χ1n) is 8.36. The number of hydrogen-bond acceptors (Lipinski definition) is 4. The van der Waals surface area contributed by atoms with Gasteiger partial charge in [0.1, 0.15) is 11.5 Å². The van der Waals surface area contributed by atoms with E-state index in [0.29, 0.717) is 22.2 Å². The Labute approximate surface area is 160 Å². The first kappa shape index (κ1) is 17.2. The molecule has 0 spiro atoms. The van der Waals surface area contributed by atoms with Crippen LogP contribution in [0.4, 0.5) is 0 Å². The van der Waals surface area contributed by atoms with Crippen molar-refractivity contribution in [3.05, 3.63) is 83.6 Å². The molecular formula is C20H16ClN3O3. The van der Waals surface area contributed by atoms with Crippen molar-refractivity contribution < 1.29 is 13.6 Å². The van der Waals surface area contributed by atoms with Crippen LogP contribution in [-0.4, -0.2) is 15.7 Å². The molecule has 6 nitrogen and oxygen atoms in total. The quantitative estimate of drug-likeness (QED) is 0.535. The molecule has 0 fully saturated rings. The molecule has 1 aromatic carbocycles. The van der Waals surface area contributed by atoms with Crippen molar-refractivity contribution in [2.24, 2.45) is 0 Å². The van der Waals surface area contributed by atoms with Gasteiger partial charge in [0.05, 0.1) is 24.3 Å². The van der Waals surface area contributed by atoms with Crippen LogP contribution in [0.15, 0.2) is 76.0 Å². The molecule has 0 aliphatic heterocycles. The average molecular weight is 382 g/mol. The first-order valence-corrected chi connectivity index (χ1v) is 8.74. The number of benzene rings is 1. The fourth-order valence-electron chi connectivity index (χ4n) is 2.75. The predicted octanol–water partition coefficient (Wildman–Crippen LogP) is 4.87. The molecule has 0 aliphatic carbocycles. The van der Waals surface area contributed by atoms with Crippen LogP contribution < -0.4 is 5.32 Å². The molecule has 136 valence electrons. The molecule has 0 saturated carbocycles. The second kappa shape index (κ2) is 7.17. The van der Waals surface area contributed by atoms with Crippen LogP contribution in [0.25, 0.3) is 17.1 Å². The lowest BCUT2D eigenvalue weighted by Crippen LogP contribution is -2.26. The number of aromatic nitrogens is 2. The topological polar surface area (TPSA) is 73.2 Å². The van der Waals surface area contributed by atoms with Crippen molar-refractivity contribution in [1.29, 1.82) is 0 Å². The van der Waals surface area contributed by atoms with Gasteiger partial charge in [-0.05, 0) is 55.5 Å². The van der Waals surface area contributed by atoms with Gasteiger partial charge in [0, 0.05) is 11.1 Å². The van der Waals surface area contributed by atoms with Gasteiger partial charge in [0.2, 0.25) is 0 Å². The van der Waals surface area contributed by atoms with E-state index < -0.39 is 0 Å². The number of amides is 1. The van der Waals surface area contributed by atoms with Gasteiger partial charge in [-0.2, -0.15) is 5.10 Å². The molecule has 1 amide bonds. The molecule has 0 aliphatic rings. The van der Waals surface area contributed by atoms with Crippen LogP contribution in [0.5, 0.6) is 0 Å². The second-order valence-corrected chi connectivity index (χ2v) is 6.43. The highest BCUT2D eigenvalue weighted by Gasteiger charge is 2.20. The van der Waals surface area contributed by atoms with E-state index in [1.54, 1.807) is 47.5 Å². The minimum Gasteiger partial charge on any atom is -0.467 e. The SMILES string of the molecule is CC(NC(=O)c1cc(-c2ccco2)n(-c2ccc(Cl)cc2)n1)c1ccco1. The number of halogens is 1. The average Bonchev–Trinajstić information content (AvgIpc) is 3.42. The van der Waals surface area contributed by atoms with E-state index >= 15 is 0 Å². The summed E-state index contributed by atoms with van der Waals surface area (Å²) in [5, 5.41) is 7.98. The maximum Gasteiger partial charge on any atom is 0.272 e. The number of carbonyl (C=O) groups is 1. The second-order valence-electron chi connectivity index (χ2n) is 5.99. The Morgan fingerprint density at radius 2 is 1.85 bits per heavy atom. The standard InChI is InChI=1S/C20H16ClN3O3/c1-13(18-4-2-10-26-18)22-20(25)16-12-17(19-5-3-11-27-19)24(23-16)15-8-6-14(21)7-9-15/h2-13H,1H3,(H,22,25). The van der Waals surface area contributed by atoms with E-state index in [1.165, 1.54) is 0 Å². The summed E-state index contributed by atoms with van der Waals surface area (Å²) in [5.41, 5.74) is 1.71. The Morgan fingerprint density at radius 1 is 1.11 bits per heavy atom. The lowest BCUT2D eigenvalue weighted by Gasteiger charge is -2.09. The van der Waals surface area contributed by atoms with Crippen LogP contribution in [-0.2, 0) is 0 Å². The van der Waals surface area contributed by atoms with E-state index in [4.69, 9.17) is 20.4 Å². The molecule has 3 heterocycles. The predicted molar refractivity (Wildman–Crippen MR) is 101 cm³/mol. The van der Waals surface area contributed by atoms with E-state index in [2.05, 4.69) is 10.4 Å². The molecule has 4 aromatic rings. The smallest absolute Gasteiger partial charge is 0.272 e. The highest BCUT2D eigenvalue weighted by molar-refractivity contribution is 6.30. The molecule has 0 radical (unpaired) electrons. The van der Waals surface area contributed by atoms with Gasteiger partial charge in [-0.25, -0.2) is 4.68 Å². The fourth-order valence-corrected chi connectivity index (χ4v) is 2.88. The normalized spacial score (nSPS) is 12.1. The highest BCUT2D eigenvalue weighted by atomic mass is 35.5. The molecule has 1 N–H and O–H groups in total. The van der Waals surface area contributed by atoms with Crippen molar-refractivity contribution in [2.75, 3.05) is 0 Å². The molecule has 0 saturated heterocycles. The zero-order valence-electron chi connectivity index (χ0n) is 14.4. The lowest BCUT2D eigenvalue weighted by atomic mass is 10.2. The number of nitrogens with one attached hydrogen (secondary N) is 1. The van der Waals surface area contributed by atoms with E-state index in [1.807, 2.05) is 31.2 Å². The number of carbonyl (C=O) groups excluding carboxylic acids is 1. The molecule has 7 heteroatoms. The fraction of sp³-hybridized carbons (Fsp3) is 0.100. The van der Waals surface area contributed by atoms with Crippen LogP contribution in [0.1, 0.15) is 29.2 Å². The molecule has 1 atom stereocenters. The summed E-state index contributed by atoms with van der Waals surface area (Å²) in [5.74, 6) is 0.974. The van der Waals surface area contributed by atoms with Gasteiger partial charge in [-0.3, -0.25) is 4.79 Å². The molecular weight excluding hydrogens is 366 g/mol. The van der Waals surface area contributed by atoms with E-state index in [9.17, 15) is 4.79 Å². The summed E-state index contributed by atoms with van der Waals surface area (Å²) in [7, 11) is 0. The van der Waals surface area contributed by atoms with Crippen LogP contribution >= 0.6 is 11.6 Å². The summed E-state index contributed by atoms with van der Waals surface area (Å²) in [6, 6.07) is 15.8. The Morgan fingerprint density at radius 3 is 2.52 bits per heavy atom. The van der Waals surface area contributed by atoms with Crippen molar-refractivity contribution in [2.45, 2.75) is 13.0 Å². The zero-order valence-corrected chi connectivity index (χ0v) is 15.2. The van der Waals surface area contributed by atoms with Gasteiger partial charge in [0.15, 0.2) is 11.5 Å². The van der Waals surface area contributed by atoms with Gasteiger partial charge in [-0.15, -0.1) is 0 Å².